The Morgan fingerprint density at radius 2 is 2.15 bits per heavy atom. The van der Waals surface area contributed by atoms with Gasteiger partial charge in [-0.3, -0.25) is 4.79 Å². The number of quaternary nitrogens is 1. The van der Waals surface area contributed by atoms with Crippen molar-refractivity contribution in [3.05, 3.63) is 47.3 Å². The van der Waals surface area contributed by atoms with Gasteiger partial charge < -0.3 is 10.1 Å². The fourth-order valence-corrected chi connectivity index (χ4v) is 3.63. The molecule has 2 aliphatic heterocycles. The molecule has 3 heterocycles. The number of carbonyl (C=O) groups is 1. The van der Waals surface area contributed by atoms with Crippen molar-refractivity contribution in [2.24, 2.45) is 5.10 Å². The number of carbonyl (C=O) groups excluding carboxylic acids is 1. The molecule has 2 atom stereocenters. The molecule has 138 valence electrons. The Labute approximate surface area is 154 Å². The van der Waals surface area contributed by atoms with E-state index in [2.05, 4.69) is 35.4 Å². The topological polar surface area (TPSA) is 63.6 Å². The first-order chi connectivity index (χ1) is 12.3. The maximum atomic E-state index is 13.0. The highest BCUT2D eigenvalue weighted by Gasteiger charge is 2.41. The zero-order valence-corrected chi connectivity index (χ0v) is 16.1. The van der Waals surface area contributed by atoms with Gasteiger partial charge in [-0.05, 0) is 45.7 Å². The first kappa shape index (κ1) is 18.3. The van der Waals surface area contributed by atoms with Crippen molar-refractivity contribution in [2.75, 3.05) is 13.7 Å². The van der Waals surface area contributed by atoms with Gasteiger partial charge in [-0.2, -0.15) is 4.59 Å². The maximum Gasteiger partial charge on any atom is 0.253 e. The van der Waals surface area contributed by atoms with Gasteiger partial charge >= 0.3 is 0 Å². The number of nitrogens with one attached hydrogen (secondary N) is 1. The van der Waals surface area contributed by atoms with Crippen molar-refractivity contribution in [3.63, 3.8) is 0 Å². The average Bonchev–Trinajstić information content (AvgIpc) is 3.08. The lowest BCUT2D eigenvalue weighted by molar-refractivity contribution is -0.899. The van der Waals surface area contributed by atoms with Crippen LogP contribution in [0.2, 0.25) is 0 Å². The van der Waals surface area contributed by atoms with Crippen LogP contribution in [0.4, 0.5) is 0 Å². The molecule has 3 rings (SSSR count). The summed E-state index contributed by atoms with van der Waals surface area (Å²) >= 11 is 0. The zero-order valence-electron chi connectivity index (χ0n) is 16.1. The van der Waals surface area contributed by atoms with Crippen molar-refractivity contribution in [1.82, 2.24) is 10.3 Å². The smallest absolute Gasteiger partial charge is 0.253 e. The fourth-order valence-electron chi connectivity index (χ4n) is 3.63. The molecule has 0 radical (unpaired) electrons. The number of aromatic nitrogens is 1. The summed E-state index contributed by atoms with van der Waals surface area (Å²) in [4.78, 5) is 17.3. The lowest BCUT2D eigenvalue weighted by atomic mass is 9.81. The van der Waals surface area contributed by atoms with E-state index >= 15 is 0 Å². The van der Waals surface area contributed by atoms with Crippen LogP contribution >= 0.6 is 0 Å². The van der Waals surface area contributed by atoms with Crippen molar-refractivity contribution in [3.8, 4) is 5.88 Å². The third-order valence-electron chi connectivity index (χ3n) is 5.40. The quantitative estimate of drug-likeness (QED) is 0.826. The molecular formula is C20H27N4O2+. The highest BCUT2D eigenvalue weighted by Crippen LogP contribution is 2.35. The van der Waals surface area contributed by atoms with E-state index in [-0.39, 0.29) is 11.9 Å². The monoisotopic (exact) mass is 355 g/mol. The molecule has 1 aromatic rings. The van der Waals surface area contributed by atoms with Gasteiger partial charge in [0.1, 0.15) is 18.8 Å². The van der Waals surface area contributed by atoms with E-state index in [1.807, 2.05) is 38.3 Å². The van der Waals surface area contributed by atoms with Crippen LogP contribution in [-0.2, 0) is 10.3 Å². The van der Waals surface area contributed by atoms with Crippen LogP contribution in [-0.4, -0.2) is 41.4 Å². The van der Waals surface area contributed by atoms with E-state index in [4.69, 9.17) is 4.74 Å². The molecule has 1 aromatic heterocycles. The van der Waals surface area contributed by atoms with Gasteiger partial charge in [0.05, 0.1) is 24.4 Å². The first-order valence-corrected chi connectivity index (χ1v) is 8.92. The average molecular weight is 355 g/mol. The molecule has 0 bridgehead atoms. The van der Waals surface area contributed by atoms with Gasteiger partial charge in [-0.15, -0.1) is 0 Å². The van der Waals surface area contributed by atoms with Crippen molar-refractivity contribution < 1.29 is 14.1 Å². The molecule has 0 aliphatic carbocycles. The summed E-state index contributed by atoms with van der Waals surface area (Å²) in [6.45, 7) is 8.89. The minimum atomic E-state index is -0.475. The number of methoxy groups -OCH3 is 1. The molecule has 1 amide bonds. The molecule has 6 heteroatoms. The van der Waals surface area contributed by atoms with E-state index in [9.17, 15) is 4.79 Å². The second-order valence-electron chi connectivity index (χ2n) is 7.56. The second kappa shape index (κ2) is 6.68. The van der Waals surface area contributed by atoms with Crippen LogP contribution in [0.3, 0.4) is 0 Å². The predicted molar refractivity (Wildman–Crippen MR) is 101 cm³/mol. The van der Waals surface area contributed by atoms with Gasteiger partial charge in [0.25, 0.3) is 5.91 Å². The number of pyridine rings is 1. The van der Waals surface area contributed by atoms with Gasteiger partial charge in [0.15, 0.2) is 0 Å². The molecule has 1 N–H and O–H groups in total. The molecular weight excluding hydrogens is 328 g/mol. The molecule has 2 aliphatic rings. The van der Waals surface area contributed by atoms with Crippen molar-refractivity contribution >= 4 is 12.1 Å². The summed E-state index contributed by atoms with van der Waals surface area (Å²) in [5.74, 6) is 0.537. The number of hydrogen-bond donors (Lipinski definition) is 1. The van der Waals surface area contributed by atoms with Gasteiger partial charge in [-0.1, -0.05) is 10.7 Å². The number of hydrogen-bond acceptors (Lipinski definition) is 4. The maximum absolute atomic E-state index is 13.0. The first-order valence-electron chi connectivity index (χ1n) is 8.92. The minimum absolute atomic E-state index is 0.0271. The largest absolute Gasteiger partial charge is 0.481 e. The van der Waals surface area contributed by atoms with E-state index < -0.39 is 5.54 Å². The van der Waals surface area contributed by atoms with Crippen LogP contribution in [0, 0.1) is 0 Å². The molecule has 0 spiro atoms. The highest BCUT2D eigenvalue weighted by atomic mass is 16.5. The van der Waals surface area contributed by atoms with Gasteiger partial charge in [-0.25, -0.2) is 4.98 Å². The summed E-state index contributed by atoms with van der Waals surface area (Å²) in [5.41, 5.74) is 2.41. The van der Waals surface area contributed by atoms with Crippen molar-refractivity contribution in [1.29, 1.82) is 0 Å². The summed E-state index contributed by atoms with van der Waals surface area (Å²) < 4.78 is 5.56. The Morgan fingerprint density at radius 3 is 2.65 bits per heavy atom. The summed E-state index contributed by atoms with van der Waals surface area (Å²) in [5, 5.41) is 7.80. The number of amides is 1. The number of rotatable bonds is 5. The number of nitrogens with zero attached hydrogens (tertiary/aromatic N) is 3. The van der Waals surface area contributed by atoms with Crippen LogP contribution in [0.1, 0.15) is 39.7 Å². The van der Waals surface area contributed by atoms with Crippen molar-refractivity contribution in [2.45, 2.75) is 45.7 Å². The third kappa shape index (κ3) is 3.17. The Balaban J connectivity index is 1.89. The van der Waals surface area contributed by atoms with E-state index in [1.165, 1.54) is 0 Å². The molecule has 0 saturated heterocycles. The van der Waals surface area contributed by atoms with E-state index in [0.717, 1.165) is 23.1 Å². The predicted octanol–water partition coefficient (Wildman–Crippen LogP) is 2.88. The van der Waals surface area contributed by atoms with Crippen LogP contribution in [0.15, 0.2) is 46.9 Å². The second-order valence-corrected chi connectivity index (χ2v) is 7.56. The molecule has 0 saturated carbocycles. The third-order valence-corrected chi connectivity index (χ3v) is 5.40. The van der Waals surface area contributed by atoms with Gasteiger partial charge in [0, 0.05) is 18.3 Å². The van der Waals surface area contributed by atoms with Crippen LogP contribution in [0.5, 0.6) is 5.88 Å². The molecule has 26 heavy (non-hydrogen) atoms. The summed E-state index contributed by atoms with van der Waals surface area (Å²) in [6, 6.07) is 4.04. The lowest BCUT2D eigenvalue weighted by Gasteiger charge is -2.38. The number of allylic oxidation sites excluding steroid dienone is 1. The Morgan fingerprint density at radius 1 is 1.38 bits per heavy atom. The van der Waals surface area contributed by atoms with E-state index in [1.54, 1.807) is 13.3 Å². The SMILES string of the molecule is COc1ccc(C2(C)CC(C)=C(C[N+]3(C(C)C)C=CC=N3)C(=O)N2)cn1. The fraction of sp³-hybridized carbons (Fsp3) is 0.450. The van der Waals surface area contributed by atoms with E-state index in [0.29, 0.717) is 17.0 Å². The summed E-state index contributed by atoms with van der Waals surface area (Å²) in [7, 11) is 1.59. The van der Waals surface area contributed by atoms with Crippen LogP contribution < -0.4 is 10.1 Å². The number of ether oxygens (including phenoxy) is 1. The lowest BCUT2D eigenvalue weighted by Crippen LogP contribution is -2.52. The molecule has 6 nitrogen and oxygen atoms in total. The molecule has 0 fully saturated rings. The Kier molecular flexibility index (Phi) is 4.71. The molecule has 2 unspecified atom stereocenters. The highest BCUT2D eigenvalue weighted by molar-refractivity contribution is 5.96. The normalized spacial score (nSPS) is 28.0. The Bertz CT molecular complexity index is 781. The Hall–Kier alpha value is -2.47. The van der Waals surface area contributed by atoms with Crippen LogP contribution in [0.25, 0.3) is 0 Å². The minimum Gasteiger partial charge on any atom is -0.481 e. The zero-order chi connectivity index (χ0) is 18.9. The molecule has 0 aromatic carbocycles. The van der Waals surface area contributed by atoms with Gasteiger partial charge in [0.2, 0.25) is 5.88 Å². The summed E-state index contributed by atoms with van der Waals surface area (Å²) in [6.07, 6.45) is 8.33. The standard InChI is InChI=1S/C20H26N4O2/c1-14(2)24(10-6-9-22-24)13-17-15(3)11-20(4,23-19(17)25)16-7-8-18(26-5)21-12-16/h6-10,12,14H,11,13H2,1-5H3/p+1.